The zero-order chi connectivity index (χ0) is 16.6. The van der Waals surface area contributed by atoms with Gasteiger partial charge < -0.3 is 0 Å². The van der Waals surface area contributed by atoms with Gasteiger partial charge in [0, 0.05) is 24.9 Å². The van der Waals surface area contributed by atoms with Gasteiger partial charge in [-0.05, 0) is 41.0 Å². The second-order valence-corrected chi connectivity index (χ2v) is 7.47. The van der Waals surface area contributed by atoms with Crippen LogP contribution in [0, 0.1) is 0 Å². The van der Waals surface area contributed by atoms with Crippen molar-refractivity contribution >= 4 is 21.7 Å². The summed E-state index contributed by atoms with van der Waals surface area (Å²) in [6.45, 7) is 3.09. The van der Waals surface area contributed by atoms with Gasteiger partial charge in [-0.2, -0.15) is 0 Å². The Morgan fingerprint density at radius 1 is 1.30 bits per heavy atom. The molecule has 0 bridgehead atoms. The highest BCUT2D eigenvalue weighted by Gasteiger charge is 2.28. The molecule has 0 spiro atoms. The molecule has 2 aromatic rings. The topological polar surface area (TPSA) is 98.1 Å². The summed E-state index contributed by atoms with van der Waals surface area (Å²) < 4.78 is 25.1. The van der Waals surface area contributed by atoms with Crippen LogP contribution in [0.3, 0.4) is 0 Å². The first-order valence-electron chi connectivity index (χ1n) is 7.33. The predicted octanol–water partition coefficient (Wildman–Crippen LogP) is 0.689. The number of rotatable bonds is 3. The molecular formula is C14H17N5O3S. The lowest BCUT2D eigenvalue weighted by molar-refractivity contribution is 0.0979. The third-order valence-corrected chi connectivity index (χ3v) is 4.98. The molecule has 0 N–H and O–H groups in total. The van der Waals surface area contributed by atoms with Crippen molar-refractivity contribution in [2.45, 2.75) is 31.2 Å². The molecule has 1 aromatic carbocycles. The van der Waals surface area contributed by atoms with Gasteiger partial charge in [-0.1, -0.05) is 18.1 Å². The number of amides is 1. The van der Waals surface area contributed by atoms with E-state index in [2.05, 4.69) is 15.5 Å². The number of carbonyl (C=O) groups excluding carboxylic acids is 1. The lowest BCUT2D eigenvalue weighted by atomic mass is 10.0. The van der Waals surface area contributed by atoms with Crippen molar-refractivity contribution in [2.24, 2.45) is 0 Å². The van der Waals surface area contributed by atoms with E-state index in [0.717, 1.165) is 18.2 Å². The standard InChI is InChI=1S/C14H17N5O3S/c1-3-10-5-6-11(23(2,21)22)9-12(10)13(20)18-7-4-8-19-14(18)15-16-17-19/h5-6,9H,3-4,7-8H2,1-2H3. The summed E-state index contributed by atoms with van der Waals surface area (Å²) in [7, 11) is -3.38. The average molecular weight is 335 g/mol. The maximum Gasteiger partial charge on any atom is 0.260 e. The van der Waals surface area contributed by atoms with Crippen LogP contribution in [0.25, 0.3) is 0 Å². The van der Waals surface area contributed by atoms with Gasteiger partial charge >= 0.3 is 0 Å². The number of aromatic nitrogens is 4. The van der Waals surface area contributed by atoms with Gasteiger partial charge in [-0.15, -0.1) is 0 Å². The first kappa shape index (κ1) is 15.6. The first-order chi connectivity index (χ1) is 10.9. The number of benzene rings is 1. The summed E-state index contributed by atoms with van der Waals surface area (Å²) in [5.74, 6) is 0.121. The lowest BCUT2D eigenvalue weighted by Crippen LogP contribution is -2.38. The Morgan fingerprint density at radius 3 is 2.78 bits per heavy atom. The Morgan fingerprint density at radius 2 is 2.09 bits per heavy atom. The molecule has 0 saturated carbocycles. The zero-order valence-electron chi connectivity index (χ0n) is 12.9. The minimum atomic E-state index is -3.38. The van der Waals surface area contributed by atoms with Crippen molar-refractivity contribution < 1.29 is 13.2 Å². The molecule has 0 saturated heterocycles. The normalized spacial score (nSPS) is 14.6. The highest BCUT2D eigenvalue weighted by molar-refractivity contribution is 7.90. The molecule has 8 nitrogen and oxygen atoms in total. The Bertz CT molecular complexity index is 859. The number of carbonyl (C=O) groups is 1. The van der Waals surface area contributed by atoms with E-state index in [4.69, 9.17) is 0 Å². The Hall–Kier alpha value is -2.29. The molecule has 9 heteroatoms. The molecule has 1 amide bonds. The molecule has 1 aromatic heterocycles. The van der Waals surface area contributed by atoms with Gasteiger partial charge in [0.1, 0.15) is 0 Å². The molecule has 1 aliphatic rings. The molecule has 23 heavy (non-hydrogen) atoms. The summed E-state index contributed by atoms with van der Waals surface area (Å²) in [5.41, 5.74) is 1.18. The second kappa shape index (κ2) is 5.73. The van der Waals surface area contributed by atoms with Gasteiger partial charge in [-0.25, -0.2) is 13.1 Å². The fourth-order valence-corrected chi connectivity index (χ4v) is 3.30. The van der Waals surface area contributed by atoms with E-state index in [9.17, 15) is 13.2 Å². The van der Waals surface area contributed by atoms with Crippen molar-refractivity contribution in [3.05, 3.63) is 29.3 Å². The molecule has 0 unspecified atom stereocenters. The Balaban J connectivity index is 2.06. The quantitative estimate of drug-likeness (QED) is 0.818. The molecular weight excluding hydrogens is 318 g/mol. The monoisotopic (exact) mass is 335 g/mol. The molecule has 3 rings (SSSR count). The molecule has 0 atom stereocenters. The minimum absolute atomic E-state index is 0.134. The van der Waals surface area contributed by atoms with Crippen molar-refractivity contribution in [2.75, 3.05) is 17.7 Å². The van der Waals surface area contributed by atoms with Crippen molar-refractivity contribution in [1.82, 2.24) is 20.2 Å². The van der Waals surface area contributed by atoms with Crippen LogP contribution in [0.5, 0.6) is 0 Å². The largest absolute Gasteiger partial charge is 0.275 e. The third-order valence-electron chi connectivity index (χ3n) is 3.87. The smallest absolute Gasteiger partial charge is 0.260 e. The number of sulfone groups is 1. The van der Waals surface area contributed by atoms with Crippen LogP contribution in [-0.4, -0.2) is 47.3 Å². The number of aryl methyl sites for hydroxylation is 2. The van der Waals surface area contributed by atoms with E-state index in [1.165, 1.54) is 17.0 Å². The Kier molecular flexibility index (Phi) is 3.88. The number of anilines is 1. The van der Waals surface area contributed by atoms with E-state index >= 15 is 0 Å². The van der Waals surface area contributed by atoms with Gasteiger partial charge in [0.05, 0.1) is 4.90 Å². The number of nitrogens with zero attached hydrogens (tertiary/aromatic N) is 5. The fourth-order valence-electron chi connectivity index (χ4n) is 2.65. The SMILES string of the molecule is CCc1ccc(S(C)(=O)=O)cc1C(=O)N1CCCn2nnnc21. The summed E-state index contributed by atoms with van der Waals surface area (Å²) in [4.78, 5) is 14.6. The summed E-state index contributed by atoms with van der Waals surface area (Å²) in [6.07, 6.45) is 2.50. The molecule has 122 valence electrons. The van der Waals surface area contributed by atoms with Gasteiger partial charge in [0.25, 0.3) is 11.9 Å². The van der Waals surface area contributed by atoms with E-state index in [1.807, 2.05) is 6.92 Å². The average Bonchev–Trinajstić information content (AvgIpc) is 3.01. The Labute approximate surface area is 134 Å². The summed E-state index contributed by atoms with van der Waals surface area (Å²) in [5, 5.41) is 11.4. The maximum atomic E-state index is 12.9. The number of fused-ring (bicyclic) bond motifs is 1. The molecule has 0 aliphatic carbocycles. The highest BCUT2D eigenvalue weighted by Crippen LogP contribution is 2.23. The van der Waals surface area contributed by atoms with Crippen LogP contribution in [0.4, 0.5) is 5.95 Å². The molecule has 0 radical (unpaired) electrons. The van der Waals surface area contributed by atoms with Crippen molar-refractivity contribution in [3.8, 4) is 0 Å². The van der Waals surface area contributed by atoms with Gasteiger partial charge in [-0.3, -0.25) is 9.69 Å². The molecule has 1 aliphatic heterocycles. The van der Waals surface area contributed by atoms with Crippen LogP contribution in [0.15, 0.2) is 23.1 Å². The molecule has 2 heterocycles. The van der Waals surface area contributed by atoms with Crippen LogP contribution in [0.1, 0.15) is 29.3 Å². The van der Waals surface area contributed by atoms with Crippen LogP contribution in [-0.2, 0) is 22.8 Å². The van der Waals surface area contributed by atoms with Crippen molar-refractivity contribution in [3.63, 3.8) is 0 Å². The maximum absolute atomic E-state index is 12.9. The second-order valence-electron chi connectivity index (χ2n) is 5.46. The first-order valence-corrected chi connectivity index (χ1v) is 9.22. The van der Waals surface area contributed by atoms with E-state index in [1.54, 1.807) is 10.7 Å². The molecule has 0 fully saturated rings. The highest BCUT2D eigenvalue weighted by atomic mass is 32.2. The van der Waals surface area contributed by atoms with Gasteiger partial charge in [0.2, 0.25) is 0 Å². The predicted molar refractivity (Wildman–Crippen MR) is 83.0 cm³/mol. The van der Waals surface area contributed by atoms with Crippen LogP contribution < -0.4 is 4.90 Å². The zero-order valence-corrected chi connectivity index (χ0v) is 13.7. The summed E-state index contributed by atoms with van der Waals surface area (Å²) >= 11 is 0. The van der Waals surface area contributed by atoms with E-state index < -0.39 is 9.84 Å². The van der Waals surface area contributed by atoms with Crippen LogP contribution in [0.2, 0.25) is 0 Å². The number of tetrazole rings is 1. The van der Waals surface area contributed by atoms with Crippen molar-refractivity contribution in [1.29, 1.82) is 0 Å². The minimum Gasteiger partial charge on any atom is -0.275 e. The lowest BCUT2D eigenvalue weighted by Gasteiger charge is -2.26. The fraction of sp³-hybridized carbons (Fsp3) is 0.429. The summed E-state index contributed by atoms with van der Waals surface area (Å²) in [6, 6.07) is 4.67. The third kappa shape index (κ3) is 2.83. The van der Waals surface area contributed by atoms with E-state index in [-0.39, 0.29) is 10.8 Å². The number of hydrogen-bond donors (Lipinski definition) is 0. The number of hydrogen-bond acceptors (Lipinski definition) is 6. The van der Waals surface area contributed by atoms with Crippen LogP contribution >= 0.6 is 0 Å². The van der Waals surface area contributed by atoms with E-state index in [0.29, 0.717) is 31.0 Å². The van der Waals surface area contributed by atoms with Gasteiger partial charge in [0.15, 0.2) is 9.84 Å².